The SMILES string of the molecule is CCCN(C(=O)C1CCCC1)C(C)c1nc2ccccc2c(=O)n1CCC. The molecule has 0 radical (unpaired) electrons. The van der Waals surface area contributed by atoms with Crippen LogP contribution in [0.2, 0.25) is 0 Å². The van der Waals surface area contributed by atoms with E-state index >= 15 is 0 Å². The number of hydrogen-bond donors (Lipinski definition) is 0. The molecule has 3 rings (SSSR count). The molecule has 1 unspecified atom stereocenters. The third kappa shape index (κ3) is 3.92. The van der Waals surface area contributed by atoms with E-state index in [1.54, 1.807) is 4.57 Å². The van der Waals surface area contributed by atoms with Gasteiger partial charge in [-0.1, -0.05) is 38.8 Å². The fraction of sp³-hybridized carbons (Fsp3) is 0.591. The number of aromatic nitrogens is 2. The summed E-state index contributed by atoms with van der Waals surface area (Å²) in [5.74, 6) is 1.07. The second-order valence-corrected chi connectivity index (χ2v) is 7.63. The van der Waals surface area contributed by atoms with Gasteiger partial charge in [0.2, 0.25) is 5.91 Å². The lowest BCUT2D eigenvalue weighted by Crippen LogP contribution is -2.40. The lowest BCUT2D eigenvalue weighted by atomic mass is 10.0. The highest BCUT2D eigenvalue weighted by Gasteiger charge is 2.31. The van der Waals surface area contributed by atoms with Crippen LogP contribution in [0.15, 0.2) is 29.1 Å². The summed E-state index contributed by atoms with van der Waals surface area (Å²) in [5, 5.41) is 0.645. The van der Waals surface area contributed by atoms with Gasteiger partial charge in [0, 0.05) is 19.0 Å². The molecule has 0 N–H and O–H groups in total. The summed E-state index contributed by atoms with van der Waals surface area (Å²) in [6, 6.07) is 7.28. The molecule has 1 aromatic heterocycles. The van der Waals surface area contributed by atoms with Crippen molar-refractivity contribution in [2.75, 3.05) is 6.54 Å². The van der Waals surface area contributed by atoms with Crippen LogP contribution in [0, 0.1) is 5.92 Å². The summed E-state index contributed by atoms with van der Waals surface area (Å²) in [6.07, 6.45) is 5.99. The van der Waals surface area contributed by atoms with E-state index in [1.807, 2.05) is 36.1 Å². The maximum atomic E-state index is 13.2. The molecule has 0 saturated heterocycles. The van der Waals surface area contributed by atoms with E-state index in [-0.39, 0.29) is 23.4 Å². The number of para-hydroxylation sites is 1. The zero-order valence-electron chi connectivity index (χ0n) is 16.8. The summed E-state index contributed by atoms with van der Waals surface area (Å²) < 4.78 is 1.78. The summed E-state index contributed by atoms with van der Waals surface area (Å²) in [5.41, 5.74) is 0.704. The van der Waals surface area contributed by atoms with Gasteiger partial charge in [-0.15, -0.1) is 0 Å². The van der Waals surface area contributed by atoms with E-state index in [0.717, 1.165) is 38.5 Å². The molecule has 27 heavy (non-hydrogen) atoms. The number of hydrogen-bond acceptors (Lipinski definition) is 3. The monoisotopic (exact) mass is 369 g/mol. The van der Waals surface area contributed by atoms with Crippen molar-refractivity contribution in [3.8, 4) is 0 Å². The molecule has 5 nitrogen and oxygen atoms in total. The van der Waals surface area contributed by atoms with E-state index in [9.17, 15) is 9.59 Å². The molecule has 0 aliphatic heterocycles. The van der Waals surface area contributed by atoms with Crippen molar-refractivity contribution in [2.45, 2.75) is 71.9 Å². The maximum absolute atomic E-state index is 13.2. The lowest BCUT2D eigenvalue weighted by molar-refractivity contribution is -0.137. The molecule has 1 aromatic carbocycles. The first-order valence-corrected chi connectivity index (χ1v) is 10.4. The molecule has 1 amide bonds. The molecule has 146 valence electrons. The molecule has 1 aliphatic rings. The van der Waals surface area contributed by atoms with Crippen molar-refractivity contribution in [1.82, 2.24) is 14.5 Å². The van der Waals surface area contributed by atoms with Crippen LogP contribution in [-0.4, -0.2) is 26.9 Å². The van der Waals surface area contributed by atoms with Crippen LogP contribution in [0.5, 0.6) is 0 Å². The fourth-order valence-corrected chi connectivity index (χ4v) is 4.23. The first kappa shape index (κ1) is 19.6. The molecule has 0 spiro atoms. The molecule has 1 saturated carbocycles. The molecule has 2 aromatic rings. The van der Waals surface area contributed by atoms with Gasteiger partial charge in [-0.3, -0.25) is 14.2 Å². The smallest absolute Gasteiger partial charge is 0.261 e. The topological polar surface area (TPSA) is 55.2 Å². The van der Waals surface area contributed by atoms with Crippen LogP contribution in [0.1, 0.15) is 71.2 Å². The van der Waals surface area contributed by atoms with Gasteiger partial charge < -0.3 is 4.90 Å². The van der Waals surface area contributed by atoms with Gasteiger partial charge in [0.25, 0.3) is 5.56 Å². The van der Waals surface area contributed by atoms with Crippen molar-refractivity contribution >= 4 is 16.8 Å². The summed E-state index contributed by atoms with van der Waals surface area (Å²) in [4.78, 5) is 33.0. The minimum atomic E-state index is -0.207. The Morgan fingerprint density at radius 2 is 1.93 bits per heavy atom. The molecule has 1 aliphatic carbocycles. The van der Waals surface area contributed by atoms with Crippen molar-refractivity contribution < 1.29 is 4.79 Å². The Bertz CT molecular complexity index is 852. The van der Waals surface area contributed by atoms with Crippen LogP contribution < -0.4 is 5.56 Å². The third-order valence-electron chi connectivity index (χ3n) is 5.63. The Kier molecular flexibility index (Phi) is 6.30. The zero-order valence-corrected chi connectivity index (χ0v) is 16.8. The Morgan fingerprint density at radius 1 is 1.22 bits per heavy atom. The van der Waals surface area contributed by atoms with Crippen molar-refractivity contribution in [3.63, 3.8) is 0 Å². The average molecular weight is 370 g/mol. The summed E-state index contributed by atoms with van der Waals surface area (Å²) in [7, 11) is 0. The first-order chi connectivity index (χ1) is 13.1. The summed E-state index contributed by atoms with van der Waals surface area (Å²) in [6.45, 7) is 7.49. The predicted molar refractivity (Wildman–Crippen MR) is 109 cm³/mol. The van der Waals surface area contributed by atoms with Crippen LogP contribution in [-0.2, 0) is 11.3 Å². The molecule has 0 bridgehead atoms. The van der Waals surface area contributed by atoms with Gasteiger partial charge in [0.15, 0.2) is 0 Å². The number of rotatable bonds is 7. The van der Waals surface area contributed by atoms with E-state index in [4.69, 9.17) is 4.98 Å². The van der Waals surface area contributed by atoms with E-state index < -0.39 is 0 Å². The minimum absolute atomic E-state index is 0.00550. The minimum Gasteiger partial charge on any atom is -0.333 e. The van der Waals surface area contributed by atoms with E-state index in [2.05, 4.69) is 13.8 Å². The highest BCUT2D eigenvalue weighted by atomic mass is 16.2. The van der Waals surface area contributed by atoms with Gasteiger partial charge >= 0.3 is 0 Å². The number of benzene rings is 1. The lowest BCUT2D eigenvalue weighted by Gasteiger charge is -2.32. The quantitative estimate of drug-likeness (QED) is 0.731. The van der Waals surface area contributed by atoms with Crippen LogP contribution >= 0.6 is 0 Å². The highest BCUT2D eigenvalue weighted by molar-refractivity contribution is 5.80. The van der Waals surface area contributed by atoms with Gasteiger partial charge in [0.05, 0.1) is 16.9 Å². The molecular weight excluding hydrogens is 338 g/mol. The number of amides is 1. The van der Waals surface area contributed by atoms with Crippen molar-refractivity contribution in [3.05, 3.63) is 40.4 Å². The Hall–Kier alpha value is -2.17. The number of nitrogens with zero attached hydrogens (tertiary/aromatic N) is 3. The second-order valence-electron chi connectivity index (χ2n) is 7.63. The third-order valence-corrected chi connectivity index (χ3v) is 5.63. The van der Waals surface area contributed by atoms with Crippen molar-refractivity contribution in [1.29, 1.82) is 0 Å². The molecule has 1 heterocycles. The van der Waals surface area contributed by atoms with Gasteiger partial charge in [-0.25, -0.2) is 4.98 Å². The number of carbonyl (C=O) groups is 1. The van der Waals surface area contributed by atoms with Gasteiger partial charge in [0.1, 0.15) is 5.82 Å². The Balaban J connectivity index is 2.05. The van der Waals surface area contributed by atoms with Crippen LogP contribution in [0.4, 0.5) is 0 Å². The maximum Gasteiger partial charge on any atom is 0.261 e. The van der Waals surface area contributed by atoms with Crippen LogP contribution in [0.3, 0.4) is 0 Å². The zero-order chi connectivity index (χ0) is 19.4. The first-order valence-electron chi connectivity index (χ1n) is 10.4. The standard InChI is InChI=1S/C22H31N3O2/c1-4-14-24(21(26)17-10-6-7-11-17)16(3)20-23-19-13-9-8-12-18(19)22(27)25(20)15-5-2/h8-9,12-13,16-17H,4-7,10-11,14-15H2,1-3H3. The normalized spacial score (nSPS) is 16.0. The molecule has 1 atom stereocenters. The molecular formula is C22H31N3O2. The number of carbonyl (C=O) groups excluding carboxylic acids is 1. The fourth-order valence-electron chi connectivity index (χ4n) is 4.23. The van der Waals surface area contributed by atoms with Crippen LogP contribution in [0.25, 0.3) is 10.9 Å². The van der Waals surface area contributed by atoms with Gasteiger partial charge in [-0.2, -0.15) is 0 Å². The average Bonchev–Trinajstić information content (AvgIpc) is 3.22. The largest absolute Gasteiger partial charge is 0.333 e. The van der Waals surface area contributed by atoms with E-state index in [1.165, 1.54) is 0 Å². The van der Waals surface area contributed by atoms with Gasteiger partial charge in [-0.05, 0) is 44.7 Å². The van der Waals surface area contributed by atoms with Crippen molar-refractivity contribution in [2.24, 2.45) is 5.92 Å². The van der Waals surface area contributed by atoms with E-state index in [0.29, 0.717) is 29.8 Å². The molecule has 1 fully saturated rings. The highest BCUT2D eigenvalue weighted by Crippen LogP contribution is 2.30. The second kappa shape index (κ2) is 8.68. The summed E-state index contributed by atoms with van der Waals surface area (Å²) >= 11 is 0. The predicted octanol–water partition coefficient (Wildman–Crippen LogP) is 4.30. The number of fused-ring (bicyclic) bond motifs is 1. The Morgan fingerprint density at radius 3 is 2.59 bits per heavy atom. The molecule has 5 heteroatoms. The Labute approximate surface area is 161 Å².